The Morgan fingerprint density at radius 1 is 1.41 bits per heavy atom. The Kier molecular flexibility index (Phi) is 5.49. The number of nitrogens with zero attached hydrogens (tertiary/aromatic N) is 3. The van der Waals surface area contributed by atoms with Gasteiger partial charge in [0.2, 0.25) is 0 Å². The summed E-state index contributed by atoms with van der Waals surface area (Å²) in [4.78, 5) is 23.6. The first-order chi connectivity index (χ1) is 12.6. The van der Waals surface area contributed by atoms with Gasteiger partial charge in [0.25, 0.3) is 0 Å². The minimum absolute atomic E-state index is 0.0893. The highest BCUT2D eigenvalue weighted by Crippen LogP contribution is 2.33. The number of alkyl carbamates (subject to hydrolysis) is 1. The van der Waals surface area contributed by atoms with Crippen molar-refractivity contribution in [1.29, 1.82) is 5.26 Å². The Labute approximate surface area is 156 Å². The van der Waals surface area contributed by atoms with Crippen molar-refractivity contribution in [3.63, 3.8) is 0 Å². The van der Waals surface area contributed by atoms with Crippen molar-refractivity contribution in [2.24, 2.45) is 7.05 Å². The monoisotopic (exact) mass is 373 g/mol. The molecule has 0 aliphatic heterocycles. The first kappa shape index (κ1) is 19.9. The molecular weight excluding hydrogens is 350 g/mol. The lowest BCUT2D eigenvalue weighted by Gasteiger charge is -2.20. The molecule has 2 aromatic rings. The molecule has 144 valence electrons. The lowest BCUT2D eigenvalue weighted by Crippen LogP contribution is -2.34. The maximum Gasteiger partial charge on any atom is 0.407 e. The van der Waals surface area contributed by atoms with Crippen LogP contribution in [0, 0.1) is 11.3 Å². The molecule has 1 amide bonds. The van der Waals surface area contributed by atoms with Gasteiger partial charge in [-0.15, -0.1) is 0 Å². The number of carboxylic acids is 1. The normalized spacial score (nSPS) is 11.1. The molecule has 0 saturated heterocycles. The number of nitrogen functional groups attached to an aromatic ring is 1. The fraction of sp³-hybridized carbons (Fsp3) is 0.389. The molecule has 9 heteroatoms. The summed E-state index contributed by atoms with van der Waals surface area (Å²) >= 11 is 0. The summed E-state index contributed by atoms with van der Waals surface area (Å²) in [6.45, 7) is 5.44. The largest absolute Gasteiger partial charge is 0.477 e. The Balaban J connectivity index is 2.40. The molecular formula is C18H23N5O4. The molecule has 9 nitrogen and oxygen atoms in total. The second kappa shape index (κ2) is 7.45. The first-order valence-electron chi connectivity index (χ1n) is 8.30. The zero-order chi connectivity index (χ0) is 20.4. The predicted octanol–water partition coefficient (Wildman–Crippen LogP) is 2.17. The van der Waals surface area contributed by atoms with Gasteiger partial charge >= 0.3 is 12.1 Å². The number of aromatic carboxylic acids is 1. The van der Waals surface area contributed by atoms with Crippen molar-refractivity contribution >= 4 is 17.7 Å². The van der Waals surface area contributed by atoms with E-state index in [4.69, 9.17) is 10.5 Å². The predicted molar refractivity (Wildman–Crippen MR) is 99.2 cm³/mol. The second-order valence-corrected chi connectivity index (χ2v) is 6.99. The van der Waals surface area contributed by atoms with E-state index in [1.165, 1.54) is 4.57 Å². The number of aryl methyl sites for hydroxylation is 1. The fourth-order valence-electron chi connectivity index (χ4n) is 2.76. The maximum absolute atomic E-state index is 11.8. The molecule has 0 bridgehead atoms. The number of ether oxygens (including phenoxy) is 1. The molecule has 0 aliphatic carbocycles. The van der Waals surface area contributed by atoms with Crippen LogP contribution in [0.4, 0.5) is 10.5 Å². The van der Waals surface area contributed by atoms with Crippen molar-refractivity contribution in [3.05, 3.63) is 29.6 Å². The molecule has 0 fully saturated rings. The van der Waals surface area contributed by atoms with Gasteiger partial charge in [0, 0.05) is 26.3 Å². The fourth-order valence-corrected chi connectivity index (χ4v) is 2.76. The lowest BCUT2D eigenvalue weighted by molar-refractivity contribution is 0.0526. The molecule has 27 heavy (non-hydrogen) atoms. The molecule has 0 atom stereocenters. The van der Waals surface area contributed by atoms with Gasteiger partial charge in [0.1, 0.15) is 17.2 Å². The number of nitriles is 1. The molecule has 0 aromatic carbocycles. The van der Waals surface area contributed by atoms with Crippen LogP contribution in [0.3, 0.4) is 0 Å². The number of anilines is 1. The van der Waals surface area contributed by atoms with Crippen LogP contribution in [-0.2, 0) is 18.3 Å². The Morgan fingerprint density at radius 3 is 2.56 bits per heavy atom. The summed E-state index contributed by atoms with van der Waals surface area (Å²) in [6, 6.07) is 5.53. The van der Waals surface area contributed by atoms with Gasteiger partial charge < -0.3 is 30.0 Å². The van der Waals surface area contributed by atoms with Crippen molar-refractivity contribution in [2.45, 2.75) is 32.9 Å². The van der Waals surface area contributed by atoms with Gasteiger partial charge in [-0.3, -0.25) is 0 Å². The van der Waals surface area contributed by atoms with E-state index >= 15 is 0 Å². The van der Waals surface area contributed by atoms with Crippen molar-refractivity contribution in [2.75, 3.05) is 12.3 Å². The van der Waals surface area contributed by atoms with E-state index in [9.17, 15) is 20.0 Å². The van der Waals surface area contributed by atoms with Crippen molar-refractivity contribution in [3.8, 4) is 17.5 Å². The molecule has 0 unspecified atom stereocenters. The summed E-state index contributed by atoms with van der Waals surface area (Å²) < 4.78 is 8.36. The van der Waals surface area contributed by atoms with Crippen LogP contribution in [0.15, 0.2) is 18.3 Å². The zero-order valence-electron chi connectivity index (χ0n) is 15.7. The minimum atomic E-state index is -1.25. The van der Waals surface area contributed by atoms with Crippen molar-refractivity contribution in [1.82, 2.24) is 14.5 Å². The number of hydrogen-bond acceptors (Lipinski definition) is 5. The van der Waals surface area contributed by atoms with E-state index < -0.39 is 17.7 Å². The minimum Gasteiger partial charge on any atom is -0.477 e. The maximum atomic E-state index is 11.8. The molecule has 2 heterocycles. The number of aromatic nitrogens is 2. The van der Waals surface area contributed by atoms with Crippen LogP contribution in [0.1, 0.15) is 36.8 Å². The molecule has 0 radical (unpaired) electrons. The smallest absolute Gasteiger partial charge is 0.407 e. The zero-order valence-corrected chi connectivity index (χ0v) is 15.7. The molecule has 0 aliphatic rings. The highest BCUT2D eigenvalue weighted by Gasteiger charge is 2.27. The van der Waals surface area contributed by atoms with Gasteiger partial charge in [0.15, 0.2) is 5.69 Å². The van der Waals surface area contributed by atoms with Crippen LogP contribution in [0.25, 0.3) is 11.4 Å². The number of hydrogen-bond donors (Lipinski definition) is 3. The molecule has 2 aromatic heterocycles. The average Bonchev–Trinajstić information content (AvgIpc) is 3.06. The van der Waals surface area contributed by atoms with Crippen LogP contribution in [0.5, 0.6) is 0 Å². The first-order valence-corrected chi connectivity index (χ1v) is 8.30. The van der Waals surface area contributed by atoms with Gasteiger partial charge in [-0.25, -0.2) is 9.59 Å². The quantitative estimate of drug-likeness (QED) is 0.735. The molecule has 4 N–H and O–H groups in total. The van der Waals surface area contributed by atoms with Gasteiger partial charge in [-0.1, -0.05) is 0 Å². The summed E-state index contributed by atoms with van der Waals surface area (Å²) in [7, 11) is 1.78. The summed E-state index contributed by atoms with van der Waals surface area (Å²) in [5.74, 6) is -1.25. The van der Waals surface area contributed by atoms with Gasteiger partial charge in [-0.05, 0) is 32.9 Å². The molecule has 0 saturated carbocycles. The Bertz CT molecular complexity index is 912. The Hall–Kier alpha value is -3.41. The third-order valence-electron chi connectivity index (χ3n) is 3.81. The van der Waals surface area contributed by atoms with Gasteiger partial charge in [-0.2, -0.15) is 5.26 Å². The van der Waals surface area contributed by atoms with Crippen LogP contribution in [-0.4, -0.2) is 38.4 Å². The van der Waals surface area contributed by atoms with Gasteiger partial charge in [0.05, 0.1) is 17.1 Å². The highest BCUT2D eigenvalue weighted by molar-refractivity contribution is 5.97. The lowest BCUT2D eigenvalue weighted by atomic mass is 10.2. The molecule has 2 rings (SSSR count). The number of rotatable bonds is 5. The number of nitrogens with two attached hydrogens (primary N) is 1. The van der Waals surface area contributed by atoms with E-state index in [1.807, 2.05) is 6.07 Å². The topological polar surface area (TPSA) is 135 Å². The number of carbonyl (C=O) groups is 2. The SMILES string of the molecule is Cn1cccc1-c1c(C#N)c(N)c(C(=O)O)n1CCNC(=O)OC(C)(C)C. The van der Waals surface area contributed by atoms with Crippen LogP contribution < -0.4 is 11.1 Å². The standard InChI is InChI=1S/C18H23N5O4/c1-18(2,3)27-17(26)21-7-9-23-14(12-6-5-8-22(12)4)11(10-19)13(20)15(23)16(24)25/h5-6,8H,7,9,20H2,1-4H3,(H,21,26)(H,24,25). The van der Waals surface area contributed by atoms with Crippen LogP contribution >= 0.6 is 0 Å². The highest BCUT2D eigenvalue weighted by atomic mass is 16.6. The van der Waals surface area contributed by atoms with E-state index in [0.717, 1.165) is 0 Å². The third-order valence-corrected chi connectivity index (χ3v) is 3.81. The number of nitrogens with one attached hydrogen (secondary N) is 1. The van der Waals surface area contributed by atoms with E-state index in [-0.39, 0.29) is 30.0 Å². The summed E-state index contributed by atoms with van der Waals surface area (Å²) in [5.41, 5.74) is 6.14. The van der Waals surface area contributed by atoms with Crippen molar-refractivity contribution < 1.29 is 19.4 Å². The average molecular weight is 373 g/mol. The summed E-state index contributed by atoms with van der Waals surface area (Å²) in [6.07, 6.45) is 1.17. The number of amides is 1. The van der Waals surface area contributed by atoms with E-state index in [0.29, 0.717) is 11.4 Å². The Morgan fingerprint density at radius 2 is 2.07 bits per heavy atom. The van der Waals surface area contributed by atoms with E-state index in [1.54, 1.807) is 50.7 Å². The third kappa shape index (κ3) is 4.23. The van der Waals surface area contributed by atoms with E-state index in [2.05, 4.69) is 5.32 Å². The second-order valence-electron chi connectivity index (χ2n) is 6.99. The van der Waals surface area contributed by atoms with Crippen LogP contribution in [0.2, 0.25) is 0 Å². The number of carboxylic acid groups (broad SMARTS) is 1. The molecule has 0 spiro atoms. The summed E-state index contributed by atoms with van der Waals surface area (Å²) in [5, 5.41) is 21.7. The number of carbonyl (C=O) groups excluding carboxylic acids is 1.